The molecule has 0 aliphatic rings. The van der Waals surface area contributed by atoms with Crippen molar-refractivity contribution in [3.63, 3.8) is 0 Å². The minimum Gasteiger partial charge on any atom is -0.376 e. The molecule has 0 aliphatic heterocycles. The smallest absolute Gasteiger partial charge is 0.168 e. The van der Waals surface area contributed by atoms with E-state index in [9.17, 15) is 0 Å². The van der Waals surface area contributed by atoms with E-state index < -0.39 is 0 Å². The fourth-order valence-corrected chi connectivity index (χ4v) is 2.23. The molecular formula is C15H15N5S. The third-order valence-electron chi connectivity index (χ3n) is 3.22. The highest BCUT2D eigenvalue weighted by atomic mass is 32.1. The van der Waals surface area contributed by atoms with Crippen LogP contribution in [-0.4, -0.2) is 20.1 Å². The van der Waals surface area contributed by atoms with Crippen LogP contribution in [0.4, 0.5) is 5.69 Å². The zero-order valence-corrected chi connectivity index (χ0v) is 12.4. The van der Waals surface area contributed by atoms with Gasteiger partial charge in [-0.1, -0.05) is 19.1 Å². The van der Waals surface area contributed by atoms with E-state index in [0.29, 0.717) is 0 Å². The molecule has 6 heteroatoms. The Balaban J connectivity index is 1.97. The minimum atomic E-state index is 0.233. The zero-order valence-electron chi connectivity index (χ0n) is 11.6. The van der Waals surface area contributed by atoms with E-state index in [-0.39, 0.29) is 5.11 Å². The quantitative estimate of drug-likeness (QED) is 0.727. The average molecular weight is 297 g/mol. The number of benzene rings is 2. The first-order chi connectivity index (χ1) is 10.2. The topological polar surface area (TPSA) is 68.8 Å². The first-order valence-electron chi connectivity index (χ1n) is 6.68. The van der Waals surface area contributed by atoms with Crippen LogP contribution in [0.25, 0.3) is 16.7 Å². The molecule has 1 heterocycles. The number of fused-ring (bicyclic) bond motifs is 1. The van der Waals surface area contributed by atoms with Gasteiger partial charge in [-0.2, -0.15) is 4.80 Å². The predicted molar refractivity (Wildman–Crippen MR) is 88.7 cm³/mol. The Hall–Kier alpha value is -2.47. The standard InChI is InChI=1S/C15H15N5S/c1-2-10-3-6-12(7-4-10)20-18-13-8-5-11(17-15(16)21)9-14(13)19-20/h3-9H,2H2,1H3,(H3,16,17,21). The van der Waals surface area contributed by atoms with Gasteiger partial charge in [0.1, 0.15) is 11.0 Å². The number of rotatable bonds is 3. The number of nitrogens with zero attached hydrogens (tertiary/aromatic N) is 3. The molecule has 106 valence electrons. The molecule has 5 nitrogen and oxygen atoms in total. The summed E-state index contributed by atoms with van der Waals surface area (Å²) in [7, 11) is 0. The molecule has 0 fully saturated rings. The molecule has 0 amide bonds. The van der Waals surface area contributed by atoms with Crippen molar-refractivity contribution in [3.8, 4) is 5.69 Å². The van der Waals surface area contributed by atoms with Gasteiger partial charge in [-0.25, -0.2) is 0 Å². The van der Waals surface area contributed by atoms with Crippen molar-refractivity contribution in [2.24, 2.45) is 5.73 Å². The minimum absolute atomic E-state index is 0.233. The number of hydrogen-bond acceptors (Lipinski definition) is 3. The Morgan fingerprint density at radius 2 is 1.86 bits per heavy atom. The second-order valence-corrected chi connectivity index (χ2v) is 5.14. The molecule has 0 saturated heterocycles. The fourth-order valence-electron chi connectivity index (χ4n) is 2.12. The van der Waals surface area contributed by atoms with Crippen LogP contribution in [0.3, 0.4) is 0 Å². The summed E-state index contributed by atoms with van der Waals surface area (Å²) in [6.07, 6.45) is 1.02. The number of nitrogens with one attached hydrogen (secondary N) is 1. The number of aromatic nitrogens is 3. The summed E-state index contributed by atoms with van der Waals surface area (Å²) in [4.78, 5) is 1.63. The van der Waals surface area contributed by atoms with Gasteiger partial charge >= 0.3 is 0 Å². The lowest BCUT2D eigenvalue weighted by molar-refractivity contribution is 0.765. The van der Waals surface area contributed by atoms with E-state index in [1.54, 1.807) is 4.80 Å². The van der Waals surface area contributed by atoms with E-state index in [4.69, 9.17) is 18.0 Å². The van der Waals surface area contributed by atoms with Crippen LogP contribution < -0.4 is 11.1 Å². The molecule has 3 rings (SSSR count). The highest BCUT2D eigenvalue weighted by Gasteiger charge is 2.06. The predicted octanol–water partition coefficient (Wildman–Crippen LogP) is 2.64. The molecule has 0 radical (unpaired) electrons. The van der Waals surface area contributed by atoms with Crippen molar-refractivity contribution < 1.29 is 0 Å². The van der Waals surface area contributed by atoms with E-state index in [1.165, 1.54) is 5.56 Å². The zero-order chi connectivity index (χ0) is 14.8. The Labute approximate surface area is 127 Å². The number of hydrogen-bond donors (Lipinski definition) is 2. The molecule has 0 aliphatic carbocycles. The molecule has 1 aromatic heterocycles. The lowest BCUT2D eigenvalue weighted by atomic mass is 10.2. The van der Waals surface area contributed by atoms with Crippen molar-refractivity contribution in [2.75, 3.05) is 5.32 Å². The third kappa shape index (κ3) is 2.85. The summed E-state index contributed by atoms with van der Waals surface area (Å²) in [5, 5.41) is 12.1. The lowest BCUT2D eigenvalue weighted by Gasteiger charge is -2.01. The first kappa shape index (κ1) is 13.5. The number of anilines is 1. The molecule has 3 N–H and O–H groups in total. The summed E-state index contributed by atoms with van der Waals surface area (Å²) in [6.45, 7) is 2.13. The average Bonchev–Trinajstić information content (AvgIpc) is 2.90. The summed E-state index contributed by atoms with van der Waals surface area (Å²) in [6, 6.07) is 13.9. The van der Waals surface area contributed by atoms with Crippen molar-refractivity contribution in [3.05, 3.63) is 48.0 Å². The number of aryl methyl sites for hydroxylation is 1. The van der Waals surface area contributed by atoms with Gasteiger partial charge in [0, 0.05) is 5.69 Å². The molecule has 0 atom stereocenters. The maximum atomic E-state index is 5.47. The van der Waals surface area contributed by atoms with Crippen LogP contribution in [0.2, 0.25) is 0 Å². The van der Waals surface area contributed by atoms with Crippen LogP contribution in [0.15, 0.2) is 42.5 Å². The number of thiocarbonyl (C=S) groups is 1. The van der Waals surface area contributed by atoms with Crippen LogP contribution in [-0.2, 0) is 6.42 Å². The van der Waals surface area contributed by atoms with Gasteiger partial charge in [-0.05, 0) is 54.5 Å². The highest BCUT2D eigenvalue weighted by molar-refractivity contribution is 7.80. The Morgan fingerprint density at radius 1 is 1.14 bits per heavy atom. The van der Waals surface area contributed by atoms with Crippen LogP contribution in [0.5, 0.6) is 0 Å². The van der Waals surface area contributed by atoms with Crippen LogP contribution in [0, 0.1) is 0 Å². The van der Waals surface area contributed by atoms with Crippen molar-refractivity contribution in [1.82, 2.24) is 15.0 Å². The summed E-state index contributed by atoms with van der Waals surface area (Å²) in [5.41, 5.74) is 10.1. The van der Waals surface area contributed by atoms with E-state index in [2.05, 4.69) is 34.6 Å². The largest absolute Gasteiger partial charge is 0.376 e. The number of nitrogens with two attached hydrogens (primary N) is 1. The molecule has 0 spiro atoms. The van der Waals surface area contributed by atoms with Gasteiger partial charge < -0.3 is 11.1 Å². The van der Waals surface area contributed by atoms with E-state index >= 15 is 0 Å². The molecule has 0 bridgehead atoms. The van der Waals surface area contributed by atoms with Gasteiger partial charge in [-0.15, -0.1) is 10.2 Å². The third-order valence-corrected chi connectivity index (χ3v) is 3.33. The monoisotopic (exact) mass is 297 g/mol. The van der Waals surface area contributed by atoms with E-state index in [1.807, 2.05) is 30.3 Å². The van der Waals surface area contributed by atoms with Crippen molar-refractivity contribution >= 4 is 34.1 Å². The maximum absolute atomic E-state index is 5.47. The van der Waals surface area contributed by atoms with Crippen LogP contribution >= 0.6 is 12.2 Å². The summed E-state index contributed by atoms with van der Waals surface area (Å²) < 4.78 is 0. The van der Waals surface area contributed by atoms with Gasteiger partial charge in [0.05, 0.1) is 5.69 Å². The van der Waals surface area contributed by atoms with Crippen LogP contribution in [0.1, 0.15) is 12.5 Å². The van der Waals surface area contributed by atoms with Crippen molar-refractivity contribution in [1.29, 1.82) is 0 Å². The maximum Gasteiger partial charge on any atom is 0.168 e. The fraction of sp³-hybridized carbons (Fsp3) is 0.133. The molecule has 21 heavy (non-hydrogen) atoms. The Morgan fingerprint density at radius 3 is 2.52 bits per heavy atom. The van der Waals surface area contributed by atoms with Gasteiger partial charge in [0.15, 0.2) is 5.11 Å². The summed E-state index contributed by atoms with van der Waals surface area (Å²) >= 11 is 4.83. The summed E-state index contributed by atoms with van der Waals surface area (Å²) in [5.74, 6) is 0. The Kier molecular flexibility index (Phi) is 3.53. The van der Waals surface area contributed by atoms with Crippen molar-refractivity contribution in [2.45, 2.75) is 13.3 Å². The molecule has 3 aromatic rings. The first-order valence-corrected chi connectivity index (χ1v) is 7.09. The molecule has 0 saturated carbocycles. The van der Waals surface area contributed by atoms with Gasteiger partial charge in [0.2, 0.25) is 0 Å². The normalized spacial score (nSPS) is 10.7. The SMILES string of the molecule is CCc1ccc(-n2nc3ccc(NC(N)=S)cc3n2)cc1. The lowest BCUT2D eigenvalue weighted by Crippen LogP contribution is -2.18. The molecule has 2 aromatic carbocycles. The van der Waals surface area contributed by atoms with Gasteiger partial charge in [-0.3, -0.25) is 0 Å². The second kappa shape index (κ2) is 5.49. The highest BCUT2D eigenvalue weighted by Crippen LogP contribution is 2.17. The molecular weight excluding hydrogens is 282 g/mol. The van der Waals surface area contributed by atoms with E-state index in [0.717, 1.165) is 28.8 Å². The van der Waals surface area contributed by atoms with Gasteiger partial charge in [0.25, 0.3) is 0 Å². The Bertz CT molecular complexity index is 791. The second-order valence-electron chi connectivity index (χ2n) is 4.70. The molecule has 0 unspecified atom stereocenters.